The minimum atomic E-state index is -0.965. The van der Waals surface area contributed by atoms with Crippen molar-refractivity contribution in [3.63, 3.8) is 0 Å². The third-order valence-electron chi connectivity index (χ3n) is 10.1. The van der Waals surface area contributed by atoms with Gasteiger partial charge in [-0.3, -0.25) is 14.9 Å². The van der Waals surface area contributed by atoms with Gasteiger partial charge >= 0.3 is 6.09 Å². The lowest BCUT2D eigenvalue weighted by Gasteiger charge is -2.56. The molecule has 0 aliphatic carbocycles. The van der Waals surface area contributed by atoms with Gasteiger partial charge in [0.05, 0.1) is 18.2 Å². The summed E-state index contributed by atoms with van der Waals surface area (Å²) in [5, 5.41) is 24.9. The van der Waals surface area contributed by atoms with Gasteiger partial charge in [-0.05, 0) is 65.8 Å². The number of aliphatic hydroxyl groups is 2. The van der Waals surface area contributed by atoms with E-state index in [0.29, 0.717) is 16.7 Å². The standard InChI is InChI=1S/C25H36N2O6S2.C14H18N2O3S2/c1-23(2,3)33-22(28)27(7)21-26-17-19-18(31-24(4,5)25(6,29-8)32-19)16(30-20(17)35-21)14-34-15-12-10-9-11-13-15;1-15-14-16-10-12(18)11(17)9(19-13(10)21-14)7-20-8-5-3-2-4-6-8/h9-13,16-20H,14H2,1-8H3;2-6,9-13,17-18H,7H2,1H3,(H,15,16)/t16-,17-,18-,19-,20-,25+;9-,10-,11-,12-,13-/m11/s1. The Bertz CT molecular complexity index is 1700. The molecule has 0 radical (unpaired) electrons. The maximum Gasteiger partial charge on any atom is 0.416 e. The summed E-state index contributed by atoms with van der Waals surface area (Å²) in [7, 11) is 4.98. The van der Waals surface area contributed by atoms with Crippen molar-refractivity contribution in [2.45, 2.75) is 128 Å². The van der Waals surface area contributed by atoms with Crippen LogP contribution in [0.3, 0.4) is 0 Å². The number of carbonyl (C=O) groups is 1. The molecule has 1 amide bonds. The molecule has 5 heterocycles. The molecule has 0 aromatic heterocycles. The SMILES string of the molecule is CN=C1N[C@@H]2[C@@H](O)[C@H](O)[C@@H](CSc3ccccc3)O[C@@H]2S1.CO[C@@]1(C)O[C@@H]2[C@H]3N=C(N(C)C(=O)OC(C)(C)C)S[C@H]3O[C@H](CSc3ccccc3)[C@H]2OC1(C)C. The zero-order chi connectivity index (χ0) is 40.4. The number of aliphatic hydroxyl groups excluding tert-OH is 2. The van der Waals surface area contributed by atoms with Gasteiger partial charge in [-0.2, -0.15) is 0 Å². The van der Waals surface area contributed by atoms with Gasteiger partial charge in [-0.15, -0.1) is 23.5 Å². The highest BCUT2D eigenvalue weighted by Crippen LogP contribution is 2.48. The lowest BCUT2D eigenvalue weighted by molar-refractivity contribution is -0.402. The largest absolute Gasteiger partial charge is 0.443 e. The molecule has 0 saturated carbocycles. The first-order chi connectivity index (χ1) is 26.5. The molecule has 4 fully saturated rings. The third kappa shape index (κ3) is 9.87. The van der Waals surface area contributed by atoms with Crippen LogP contribution in [0.25, 0.3) is 0 Å². The van der Waals surface area contributed by atoms with E-state index in [1.165, 1.54) is 28.4 Å². The van der Waals surface area contributed by atoms with Crippen LogP contribution in [-0.4, -0.2) is 141 Å². The molecule has 5 aliphatic rings. The number of carbonyl (C=O) groups excluding carboxylic acids is 1. The van der Waals surface area contributed by atoms with Crippen LogP contribution in [0.1, 0.15) is 41.5 Å². The van der Waals surface area contributed by atoms with Gasteiger partial charge in [-0.1, -0.05) is 59.9 Å². The highest BCUT2D eigenvalue weighted by Gasteiger charge is 2.61. The van der Waals surface area contributed by atoms with Crippen molar-refractivity contribution < 1.29 is 43.4 Å². The van der Waals surface area contributed by atoms with Crippen LogP contribution >= 0.6 is 47.0 Å². The summed E-state index contributed by atoms with van der Waals surface area (Å²) in [6, 6.07) is 19.5. The van der Waals surface area contributed by atoms with Crippen molar-refractivity contribution in [1.29, 1.82) is 0 Å². The van der Waals surface area contributed by atoms with Crippen LogP contribution in [0.15, 0.2) is 80.4 Å². The molecule has 13 nitrogen and oxygen atoms in total. The van der Waals surface area contributed by atoms with Crippen molar-refractivity contribution in [1.82, 2.24) is 10.2 Å². The fraction of sp³-hybridized carbons (Fsp3) is 0.615. The summed E-state index contributed by atoms with van der Waals surface area (Å²) in [4.78, 5) is 25.3. The van der Waals surface area contributed by atoms with E-state index >= 15 is 0 Å². The molecular formula is C39H54N4O9S4. The minimum absolute atomic E-state index is 0.205. The van der Waals surface area contributed by atoms with Gasteiger partial charge in [0, 0.05) is 42.5 Å². The summed E-state index contributed by atoms with van der Waals surface area (Å²) in [6.07, 6.45) is -3.58. The van der Waals surface area contributed by atoms with Gasteiger partial charge in [0.15, 0.2) is 16.1 Å². The average Bonchev–Trinajstić information content (AvgIpc) is 3.80. The number of ether oxygens (including phenoxy) is 6. The van der Waals surface area contributed by atoms with E-state index < -0.39 is 47.5 Å². The second-order valence-corrected chi connectivity index (χ2v) is 19.9. The molecule has 5 aliphatic heterocycles. The zero-order valence-electron chi connectivity index (χ0n) is 33.2. The second kappa shape index (κ2) is 18.1. The Labute approximate surface area is 346 Å². The van der Waals surface area contributed by atoms with Crippen LogP contribution in [0.5, 0.6) is 0 Å². The number of rotatable bonds is 7. The number of thioether (sulfide) groups is 4. The number of benzene rings is 2. The first-order valence-corrected chi connectivity index (χ1v) is 22.3. The molecule has 2 aromatic rings. The van der Waals surface area contributed by atoms with Crippen molar-refractivity contribution in [2.75, 3.05) is 32.7 Å². The molecular weight excluding hydrogens is 797 g/mol. The first-order valence-electron chi connectivity index (χ1n) is 18.6. The number of aliphatic imine (C=N–C) groups is 2. The van der Waals surface area contributed by atoms with E-state index in [-0.39, 0.29) is 35.2 Å². The summed E-state index contributed by atoms with van der Waals surface area (Å²) >= 11 is 6.21. The molecule has 308 valence electrons. The molecule has 11 atom stereocenters. The quantitative estimate of drug-likeness (QED) is 0.293. The molecule has 3 N–H and O–H groups in total. The summed E-state index contributed by atoms with van der Waals surface area (Å²) in [5.41, 5.74) is -1.83. The highest BCUT2D eigenvalue weighted by molar-refractivity contribution is 8.14. The van der Waals surface area contributed by atoms with Crippen LogP contribution in [0.4, 0.5) is 4.79 Å². The van der Waals surface area contributed by atoms with Crippen LogP contribution in [-0.2, 0) is 28.4 Å². The molecule has 4 saturated heterocycles. The molecule has 56 heavy (non-hydrogen) atoms. The lowest BCUT2D eigenvalue weighted by Crippen LogP contribution is -2.70. The molecule has 17 heteroatoms. The maximum absolute atomic E-state index is 12.7. The molecule has 0 bridgehead atoms. The molecule has 7 rings (SSSR count). The Balaban J connectivity index is 0.000000215. The monoisotopic (exact) mass is 850 g/mol. The van der Waals surface area contributed by atoms with Crippen molar-refractivity contribution in [3.05, 3.63) is 60.7 Å². The summed E-state index contributed by atoms with van der Waals surface area (Å²) in [6.45, 7) is 11.3. The third-order valence-corrected chi connectivity index (χ3v) is 14.6. The van der Waals surface area contributed by atoms with Gasteiger partial charge in [0.2, 0.25) is 0 Å². The first kappa shape index (κ1) is 43.5. The number of amidine groups is 2. The van der Waals surface area contributed by atoms with E-state index in [4.69, 9.17) is 33.4 Å². The van der Waals surface area contributed by atoms with Crippen molar-refractivity contribution >= 4 is 63.5 Å². The predicted molar refractivity (Wildman–Crippen MR) is 224 cm³/mol. The van der Waals surface area contributed by atoms with Gasteiger partial charge < -0.3 is 44.0 Å². The average molecular weight is 851 g/mol. The molecule has 2 aromatic carbocycles. The number of methoxy groups -OCH3 is 1. The Morgan fingerprint density at radius 3 is 2.07 bits per heavy atom. The highest BCUT2D eigenvalue weighted by atomic mass is 32.2. The Morgan fingerprint density at radius 2 is 1.50 bits per heavy atom. The Hall–Kier alpha value is -2.03. The fourth-order valence-electron chi connectivity index (χ4n) is 6.63. The molecule has 0 spiro atoms. The van der Waals surface area contributed by atoms with E-state index in [2.05, 4.69) is 22.4 Å². The maximum atomic E-state index is 12.7. The van der Waals surface area contributed by atoms with E-state index in [0.717, 1.165) is 15.0 Å². The second-order valence-electron chi connectivity index (χ2n) is 15.5. The summed E-state index contributed by atoms with van der Waals surface area (Å²) in [5.74, 6) is 0.327. The van der Waals surface area contributed by atoms with Gasteiger partial charge in [0.25, 0.3) is 0 Å². The van der Waals surface area contributed by atoms with E-state index in [1.807, 2.05) is 90.1 Å². The van der Waals surface area contributed by atoms with E-state index in [9.17, 15) is 15.0 Å². The van der Waals surface area contributed by atoms with Crippen molar-refractivity contribution in [2.24, 2.45) is 9.98 Å². The minimum Gasteiger partial charge on any atom is -0.443 e. The number of nitrogens with one attached hydrogen (secondary N) is 1. The Morgan fingerprint density at radius 1 is 0.911 bits per heavy atom. The van der Waals surface area contributed by atoms with Gasteiger partial charge in [0.1, 0.15) is 52.5 Å². The predicted octanol–water partition coefficient (Wildman–Crippen LogP) is 5.68. The zero-order valence-corrected chi connectivity index (χ0v) is 36.5. The Kier molecular flexibility index (Phi) is 14.1. The fourth-order valence-corrected chi connectivity index (χ4v) is 10.9. The summed E-state index contributed by atoms with van der Waals surface area (Å²) < 4.78 is 37.1. The number of hydrogen-bond acceptors (Lipinski definition) is 15. The molecule has 0 unspecified atom stereocenters. The topological polar surface area (TPSA) is 153 Å². The number of amides is 1. The number of nitrogens with zero attached hydrogens (tertiary/aromatic N) is 3. The lowest BCUT2D eigenvalue weighted by atomic mass is 9.90. The number of hydrogen-bond donors (Lipinski definition) is 3. The van der Waals surface area contributed by atoms with Crippen molar-refractivity contribution in [3.8, 4) is 0 Å². The van der Waals surface area contributed by atoms with E-state index in [1.54, 1.807) is 44.7 Å². The number of fused-ring (bicyclic) bond motifs is 4. The van der Waals surface area contributed by atoms with Crippen LogP contribution in [0, 0.1) is 0 Å². The van der Waals surface area contributed by atoms with Gasteiger partial charge in [-0.25, -0.2) is 4.79 Å². The normalized spacial score (nSPS) is 35.2. The van der Waals surface area contributed by atoms with Crippen LogP contribution in [0.2, 0.25) is 0 Å². The smallest absolute Gasteiger partial charge is 0.416 e. The van der Waals surface area contributed by atoms with Crippen LogP contribution < -0.4 is 5.32 Å².